The quantitative estimate of drug-likeness (QED) is 0.918. The van der Waals surface area contributed by atoms with Crippen molar-refractivity contribution in [3.8, 4) is 5.75 Å². The average Bonchev–Trinajstić information content (AvgIpc) is 2.63. The van der Waals surface area contributed by atoms with Crippen LogP contribution in [0.1, 0.15) is 32.3 Å². The van der Waals surface area contributed by atoms with Gasteiger partial charge in [-0.25, -0.2) is 4.39 Å². The van der Waals surface area contributed by atoms with Gasteiger partial charge < -0.3 is 10.1 Å². The van der Waals surface area contributed by atoms with Crippen molar-refractivity contribution in [1.82, 2.24) is 10.2 Å². The van der Waals surface area contributed by atoms with Gasteiger partial charge in [0.2, 0.25) is 0 Å². The standard InChI is InChI=1S/C16H25FN2O/c1-4-16(2)12-19(9-5-8-18-16)11-13-6-7-14(20-3)10-15(13)17/h6-7,10,18H,4-5,8-9,11-12H2,1-3H3. The normalized spacial score (nSPS) is 24.4. The van der Waals surface area contributed by atoms with Crippen molar-refractivity contribution in [2.75, 3.05) is 26.7 Å². The van der Waals surface area contributed by atoms with Gasteiger partial charge in [-0.3, -0.25) is 4.90 Å². The molecule has 0 aromatic heterocycles. The van der Waals surface area contributed by atoms with E-state index in [2.05, 4.69) is 24.1 Å². The summed E-state index contributed by atoms with van der Waals surface area (Å²) in [7, 11) is 1.56. The van der Waals surface area contributed by atoms with Gasteiger partial charge in [0.1, 0.15) is 11.6 Å². The highest BCUT2D eigenvalue weighted by Crippen LogP contribution is 2.21. The topological polar surface area (TPSA) is 24.5 Å². The molecule has 1 heterocycles. The van der Waals surface area contributed by atoms with E-state index in [1.165, 1.54) is 6.07 Å². The molecule has 1 aliphatic heterocycles. The summed E-state index contributed by atoms with van der Waals surface area (Å²) in [6, 6.07) is 5.12. The second-order valence-electron chi connectivity index (χ2n) is 5.86. The van der Waals surface area contributed by atoms with Crippen molar-refractivity contribution in [3.63, 3.8) is 0 Å². The molecule has 3 nitrogen and oxygen atoms in total. The maximum atomic E-state index is 14.0. The Bertz CT molecular complexity index is 452. The van der Waals surface area contributed by atoms with Crippen LogP contribution in [-0.2, 0) is 6.54 Å². The van der Waals surface area contributed by atoms with Gasteiger partial charge in [0, 0.05) is 30.3 Å². The maximum absolute atomic E-state index is 14.0. The number of nitrogens with zero attached hydrogens (tertiary/aromatic N) is 1. The second-order valence-corrected chi connectivity index (χ2v) is 5.86. The predicted octanol–water partition coefficient (Wildman–Crippen LogP) is 2.80. The summed E-state index contributed by atoms with van der Waals surface area (Å²) in [4.78, 5) is 2.34. The summed E-state index contributed by atoms with van der Waals surface area (Å²) in [5.41, 5.74) is 0.866. The molecule has 0 aliphatic carbocycles. The van der Waals surface area contributed by atoms with Gasteiger partial charge in [-0.05, 0) is 38.9 Å². The number of rotatable bonds is 4. The van der Waals surface area contributed by atoms with Gasteiger partial charge in [-0.2, -0.15) is 0 Å². The van der Waals surface area contributed by atoms with Crippen molar-refractivity contribution < 1.29 is 9.13 Å². The molecule has 0 bridgehead atoms. The highest BCUT2D eigenvalue weighted by atomic mass is 19.1. The van der Waals surface area contributed by atoms with Crippen LogP contribution in [0.5, 0.6) is 5.75 Å². The van der Waals surface area contributed by atoms with Gasteiger partial charge >= 0.3 is 0 Å². The van der Waals surface area contributed by atoms with E-state index in [0.717, 1.165) is 38.0 Å². The molecule has 4 heteroatoms. The van der Waals surface area contributed by atoms with Crippen LogP contribution in [0.2, 0.25) is 0 Å². The second kappa shape index (κ2) is 6.55. The highest BCUT2D eigenvalue weighted by Gasteiger charge is 2.27. The number of benzene rings is 1. The van der Waals surface area contributed by atoms with Gasteiger partial charge in [0.25, 0.3) is 0 Å². The minimum atomic E-state index is -0.181. The third-order valence-corrected chi connectivity index (χ3v) is 4.21. The summed E-state index contributed by atoms with van der Waals surface area (Å²) in [5.74, 6) is 0.391. The molecule has 0 spiro atoms. The average molecular weight is 280 g/mol. The highest BCUT2D eigenvalue weighted by molar-refractivity contribution is 5.28. The maximum Gasteiger partial charge on any atom is 0.131 e. The third-order valence-electron chi connectivity index (χ3n) is 4.21. The van der Waals surface area contributed by atoms with Crippen molar-refractivity contribution >= 4 is 0 Å². The lowest BCUT2D eigenvalue weighted by Gasteiger charge is -2.32. The molecular weight excluding hydrogens is 255 g/mol. The Labute approximate surface area is 121 Å². The Kier molecular flexibility index (Phi) is 5.00. The lowest BCUT2D eigenvalue weighted by atomic mass is 9.98. The Morgan fingerprint density at radius 2 is 2.25 bits per heavy atom. The molecule has 1 unspecified atom stereocenters. The van der Waals surface area contributed by atoms with Gasteiger partial charge in [0.15, 0.2) is 0 Å². The molecule has 20 heavy (non-hydrogen) atoms. The zero-order valence-corrected chi connectivity index (χ0v) is 12.7. The van der Waals surface area contributed by atoms with Gasteiger partial charge in [-0.1, -0.05) is 13.0 Å². The molecular formula is C16H25FN2O. The number of hydrogen-bond acceptors (Lipinski definition) is 3. The minimum absolute atomic E-state index is 0.124. The number of halogens is 1. The first-order chi connectivity index (χ1) is 9.56. The van der Waals surface area contributed by atoms with Crippen LogP contribution in [-0.4, -0.2) is 37.2 Å². The third kappa shape index (κ3) is 3.70. The zero-order valence-electron chi connectivity index (χ0n) is 12.7. The van der Waals surface area contributed by atoms with Gasteiger partial charge in [-0.15, -0.1) is 0 Å². The molecule has 0 saturated carbocycles. The monoisotopic (exact) mass is 280 g/mol. The van der Waals surface area contributed by atoms with Crippen molar-refractivity contribution in [3.05, 3.63) is 29.6 Å². The minimum Gasteiger partial charge on any atom is -0.497 e. The smallest absolute Gasteiger partial charge is 0.131 e. The first-order valence-corrected chi connectivity index (χ1v) is 7.36. The fourth-order valence-corrected chi connectivity index (χ4v) is 2.72. The number of methoxy groups -OCH3 is 1. The van der Waals surface area contributed by atoms with Crippen LogP contribution < -0.4 is 10.1 Å². The SMILES string of the molecule is CCC1(C)CN(Cc2ccc(OC)cc2F)CCCN1. The van der Waals surface area contributed by atoms with Crippen LogP contribution in [0.15, 0.2) is 18.2 Å². The fraction of sp³-hybridized carbons (Fsp3) is 0.625. The zero-order chi connectivity index (χ0) is 14.6. The molecule has 1 atom stereocenters. The predicted molar refractivity (Wildman–Crippen MR) is 79.5 cm³/mol. The molecule has 112 valence electrons. The van der Waals surface area contributed by atoms with Crippen molar-refractivity contribution in [2.45, 2.75) is 38.8 Å². The molecule has 1 aliphatic rings. The van der Waals surface area contributed by atoms with Gasteiger partial charge in [0.05, 0.1) is 7.11 Å². The molecule has 1 N–H and O–H groups in total. The lowest BCUT2D eigenvalue weighted by molar-refractivity contribution is 0.206. The van der Waals surface area contributed by atoms with E-state index in [-0.39, 0.29) is 11.4 Å². The number of hydrogen-bond donors (Lipinski definition) is 1. The molecule has 1 aromatic carbocycles. The largest absolute Gasteiger partial charge is 0.497 e. The molecule has 1 aromatic rings. The molecule has 1 fully saturated rings. The van der Waals surface area contributed by atoms with Crippen molar-refractivity contribution in [2.24, 2.45) is 0 Å². The van der Waals surface area contributed by atoms with Crippen LogP contribution in [0.3, 0.4) is 0 Å². The van der Waals surface area contributed by atoms with Crippen molar-refractivity contribution in [1.29, 1.82) is 0 Å². The van der Waals surface area contributed by atoms with Crippen LogP contribution in [0.25, 0.3) is 0 Å². The van der Waals surface area contributed by atoms with E-state index in [0.29, 0.717) is 12.3 Å². The molecule has 0 amide bonds. The molecule has 0 radical (unpaired) electrons. The molecule has 1 saturated heterocycles. The first-order valence-electron chi connectivity index (χ1n) is 7.36. The Morgan fingerprint density at radius 1 is 1.45 bits per heavy atom. The van der Waals surface area contributed by atoms with Crippen LogP contribution >= 0.6 is 0 Å². The summed E-state index contributed by atoms with van der Waals surface area (Å²) in [5, 5.41) is 3.60. The van der Waals surface area contributed by atoms with E-state index < -0.39 is 0 Å². The first kappa shape index (κ1) is 15.3. The van der Waals surface area contributed by atoms with E-state index >= 15 is 0 Å². The fourth-order valence-electron chi connectivity index (χ4n) is 2.72. The Morgan fingerprint density at radius 3 is 2.90 bits per heavy atom. The summed E-state index contributed by atoms with van der Waals surface area (Å²) in [6.07, 6.45) is 2.18. The summed E-state index contributed by atoms with van der Waals surface area (Å²) in [6.45, 7) is 8.10. The van der Waals surface area contributed by atoms with E-state index in [4.69, 9.17) is 4.74 Å². The lowest BCUT2D eigenvalue weighted by Crippen LogP contribution is -2.48. The molecule has 2 rings (SSSR count). The van der Waals surface area contributed by atoms with Crippen LogP contribution in [0, 0.1) is 5.82 Å². The Hall–Kier alpha value is -1.13. The summed E-state index contributed by atoms with van der Waals surface area (Å²) >= 11 is 0. The van der Waals surface area contributed by atoms with E-state index in [1.807, 2.05) is 12.1 Å². The van der Waals surface area contributed by atoms with E-state index in [1.54, 1.807) is 7.11 Å². The van der Waals surface area contributed by atoms with Crippen LogP contribution in [0.4, 0.5) is 4.39 Å². The Balaban J connectivity index is 2.08. The number of nitrogens with one attached hydrogen (secondary N) is 1. The van der Waals surface area contributed by atoms with E-state index in [9.17, 15) is 4.39 Å². The summed E-state index contributed by atoms with van der Waals surface area (Å²) < 4.78 is 19.1. The number of ether oxygens (including phenoxy) is 1.